The summed E-state index contributed by atoms with van der Waals surface area (Å²) in [5, 5.41) is 4.07. The second kappa shape index (κ2) is 7.76. The molecule has 6 heteroatoms. The number of fused-ring (bicyclic) bond motifs is 1. The lowest BCUT2D eigenvalue weighted by Crippen LogP contribution is -2.14. The van der Waals surface area contributed by atoms with Crippen LogP contribution in [-0.2, 0) is 10.5 Å². The fourth-order valence-corrected chi connectivity index (χ4v) is 3.49. The highest BCUT2D eigenvalue weighted by Gasteiger charge is 2.07. The maximum Gasteiger partial charge on any atom is 0.234 e. The van der Waals surface area contributed by atoms with Crippen LogP contribution in [0.5, 0.6) is 0 Å². The monoisotopic (exact) mass is 372 g/mol. The van der Waals surface area contributed by atoms with Gasteiger partial charge in [-0.1, -0.05) is 29.8 Å². The summed E-state index contributed by atoms with van der Waals surface area (Å²) in [6.07, 6.45) is 0. The third-order valence-electron chi connectivity index (χ3n) is 3.73. The molecule has 128 valence electrons. The number of hydrogen-bond donors (Lipinski definition) is 2. The number of aryl methyl sites for hydroxylation is 1. The van der Waals surface area contributed by atoms with E-state index in [1.54, 1.807) is 30.3 Å². The maximum atomic E-state index is 12.2. The normalized spacial score (nSPS) is 10.8. The number of nitrogens with one attached hydrogen (secondary N) is 2. The summed E-state index contributed by atoms with van der Waals surface area (Å²) in [6, 6.07) is 14.3. The first kappa shape index (κ1) is 17.6. The van der Waals surface area contributed by atoms with Crippen LogP contribution in [-0.4, -0.2) is 16.6 Å². The molecule has 0 bridgehead atoms. The Morgan fingerprint density at radius 2 is 2.00 bits per heavy atom. The van der Waals surface area contributed by atoms with Crippen molar-refractivity contribution in [3.63, 3.8) is 0 Å². The molecule has 1 heterocycles. The van der Waals surface area contributed by atoms with Crippen LogP contribution in [0.2, 0.25) is 5.02 Å². The summed E-state index contributed by atoms with van der Waals surface area (Å²) in [5.74, 6) is 0.745. The molecular weight excluding hydrogens is 356 g/mol. The molecule has 0 saturated carbocycles. The van der Waals surface area contributed by atoms with Gasteiger partial charge in [0.1, 0.15) is 0 Å². The van der Waals surface area contributed by atoms with Gasteiger partial charge in [0, 0.05) is 33.6 Å². The molecule has 1 aromatic heterocycles. The van der Waals surface area contributed by atoms with E-state index in [9.17, 15) is 9.59 Å². The summed E-state index contributed by atoms with van der Waals surface area (Å²) < 4.78 is 0. The molecule has 0 spiro atoms. The first-order valence-corrected chi connectivity index (χ1v) is 9.31. The predicted molar refractivity (Wildman–Crippen MR) is 106 cm³/mol. The summed E-state index contributed by atoms with van der Waals surface area (Å²) in [4.78, 5) is 27.5. The standard InChI is InChI=1S/C19H17ClN2O2S/c1-12-4-2-7-16-17(23)9-15(22-19(12)16)10-25-11-18(24)21-14-6-3-5-13(20)8-14/h2-9H,10-11H2,1H3,(H,21,24)(H,22,23). The average Bonchev–Trinajstić information content (AvgIpc) is 2.56. The van der Waals surface area contributed by atoms with E-state index in [2.05, 4.69) is 10.3 Å². The zero-order chi connectivity index (χ0) is 17.8. The number of carbonyl (C=O) groups is 1. The fraction of sp³-hybridized carbons (Fsp3) is 0.158. The van der Waals surface area contributed by atoms with Crippen molar-refractivity contribution in [2.45, 2.75) is 12.7 Å². The number of pyridine rings is 1. The second-order valence-electron chi connectivity index (χ2n) is 5.71. The van der Waals surface area contributed by atoms with Crippen molar-refractivity contribution in [3.8, 4) is 0 Å². The molecule has 2 N–H and O–H groups in total. The molecule has 0 aliphatic rings. The largest absolute Gasteiger partial charge is 0.357 e. The van der Waals surface area contributed by atoms with Crippen LogP contribution in [0.25, 0.3) is 10.9 Å². The van der Waals surface area contributed by atoms with Gasteiger partial charge in [-0.05, 0) is 36.8 Å². The predicted octanol–water partition coefficient (Wildman–Crippen LogP) is 4.36. The first-order valence-electron chi connectivity index (χ1n) is 7.77. The third kappa shape index (κ3) is 4.44. The van der Waals surface area contributed by atoms with Crippen LogP contribution in [0.4, 0.5) is 5.69 Å². The van der Waals surface area contributed by atoms with E-state index in [1.165, 1.54) is 11.8 Å². The quantitative estimate of drug-likeness (QED) is 0.699. The Hall–Kier alpha value is -2.24. The molecule has 0 atom stereocenters. The van der Waals surface area contributed by atoms with Gasteiger partial charge < -0.3 is 10.3 Å². The highest BCUT2D eigenvalue weighted by atomic mass is 35.5. The molecule has 0 aliphatic carbocycles. The van der Waals surface area contributed by atoms with Gasteiger partial charge >= 0.3 is 0 Å². The molecule has 25 heavy (non-hydrogen) atoms. The molecule has 0 aliphatic heterocycles. The summed E-state index contributed by atoms with van der Waals surface area (Å²) >= 11 is 7.34. The number of thioether (sulfide) groups is 1. The van der Waals surface area contributed by atoms with E-state index in [1.807, 2.05) is 25.1 Å². The van der Waals surface area contributed by atoms with Crippen LogP contribution in [0, 0.1) is 6.92 Å². The molecule has 0 unspecified atom stereocenters. The summed E-state index contributed by atoms with van der Waals surface area (Å²) in [7, 11) is 0. The molecule has 3 rings (SSSR count). The van der Waals surface area contributed by atoms with Gasteiger partial charge in [-0.15, -0.1) is 11.8 Å². The minimum atomic E-state index is -0.105. The number of para-hydroxylation sites is 1. The van der Waals surface area contributed by atoms with Crippen molar-refractivity contribution >= 4 is 45.9 Å². The molecule has 1 amide bonds. The molecule has 0 radical (unpaired) electrons. The number of halogens is 1. The van der Waals surface area contributed by atoms with Gasteiger partial charge in [-0.25, -0.2) is 0 Å². The number of anilines is 1. The summed E-state index contributed by atoms with van der Waals surface area (Å²) in [6.45, 7) is 1.97. The Morgan fingerprint density at radius 3 is 2.80 bits per heavy atom. The molecule has 2 aromatic carbocycles. The van der Waals surface area contributed by atoms with Crippen LogP contribution in [0.15, 0.2) is 53.3 Å². The number of amides is 1. The van der Waals surface area contributed by atoms with E-state index < -0.39 is 0 Å². The highest BCUT2D eigenvalue weighted by molar-refractivity contribution is 7.99. The molecule has 0 fully saturated rings. The van der Waals surface area contributed by atoms with Crippen molar-refractivity contribution in [2.75, 3.05) is 11.1 Å². The van der Waals surface area contributed by atoms with E-state index in [0.717, 1.165) is 16.8 Å². The van der Waals surface area contributed by atoms with Gasteiger partial charge in [-0.3, -0.25) is 9.59 Å². The van der Waals surface area contributed by atoms with Gasteiger partial charge in [0.2, 0.25) is 5.91 Å². The van der Waals surface area contributed by atoms with E-state index >= 15 is 0 Å². The van der Waals surface area contributed by atoms with Gasteiger partial charge in [0.05, 0.1) is 11.3 Å². The molecular formula is C19H17ClN2O2S. The Morgan fingerprint density at radius 1 is 1.20 bits per heavy atom. The van der Waals surface area contributed by atoms with Crippen LogP contribution in [0.1, 0.15) is 11.3 Å². The van der Waals surface area contributed by atoms with Gasteiger partial charge in [-0.2, -0.15) is 0 Å². The Bertz CT molecular complexity index is 985. The van der Waals surface area contributed by atoms with Crippen LogP contribution >= 0.6 is 23.4 Å². The third-order valence-corrected chi connectivity index (χ3v) is 4.94. The van der Waals surface area contributed by atoms with Crippen molar-refractivity contribution in [1.82, 2.24) is 4.98 Å². The number of hydrogen-bond acceptors (Lipinski definition) is 3. The SMILES string of the molecule is Cc1cccc2c(=O)cc(CSCC(=O)Nc3cccc(Cl)c3)[nH]c12. The number of benzene rings is 2. The van der Waals surface area contributed by atoms with Gasteiger partial charge in [0.15, 0.2) is 5.43 Å². The maximum absolute atomic E-state index is 12.2. The second-order valence-corrected chi connectivity index (χ2v) is 7.13. The zero-order valence-electron chi connectivity index (χ0n) is 13.6. The Labute approximate surface area is 154 Å². The lowest BCUT2D eigenvalue weighted by atomic mass is 10.1. The van der Waals surface area contributed by atoms with Crippen molar-refractivity contribution in [1.29, 1.82) is 0 Å². The lowest BCUT2D eigenvalue weighted by molar-refractivity contribution is -0.113. The molecule has 3 aromatic rings. The Balaban J connectivity index is 1.62. The topological polar surface area (TPSA) is 62.0 Å². The average molecular weight is 373 g/mol. The van der Waals surface area contributed by atoms with E-state index in [4.69, 9.17) is 11.6 Å². The molecule has 0 saturated heterocycles. The van der Waals surface area contributed by atoms with Gasteiger partial charge in [0.25, 0.3) is 0 Å². The van der Waals surface area contributed by atoms with Crippen molar-refractivity contribution in [2.24, 2.45) is 0 Å². The van der Waals surface area contributed by atoms with E-state index in [-0.39, 0.29) is 11.3 Å². The fourth-order valence-electron chi connectivity index (χ4n) is 2.57. The van der Waals surface area contributed by atoms with Crippen molar-refractivity contribution < 1.29 is 4.79 Å². The van der Waals surface area contributed by atoms with Crippen LogP contribution in [0.3, 0.4) is 0 Å². The lowest BCUT2D eigenvalue weighted by Gasteiger charge is -2.07. The smallest absolute Gasteiger partial charge is 0.234 e. The summed E-state index contributed by atoms with van der Waals surface area (Å²) in [5.41, 5.74) is 3.37. The minimum Gasteiger partial charge on any atom is -0.357 e. The Kier molecular flexibility index (Phi) is 5.46. The first-order chi connectivity index (χ1) is 12.0. The zero-order valence-corrected chi connectivity index (χ0v) is 15.2. The van der Waals surface area contributed by atoms with Crippen LogP contribution < -0.4 is 10.7 Å². The number of carbonyl (C=O) groups excluding carboxylic acids is 1. The highest BCUT2D eigenvalue weighted by Crippen LogP contribution is 2.17. The molecule has 4 nitrogen and oxygen atoms in total. The van der Waals surface area contributed by atoms with Crippen molar-refractivity contribution in [3.05, 3.63) is 75.0 Å². The number of H-pyrrole nitrogens is 1. The minimum absolute atomic E-state index is 0.00331. The van der Waals surface area contributed by atoms with E-state index in [0.29, 0.717) is 27.6 Å². The number of aromatic amines is 1. The number of rotatable bonds is 5. The number of aromatic nitrogens is 1.